The van der Waals surface area contributed by atoms with Gasteiger partial charge in [-0.25, -0.2) is 19.1 Å². The summed E-state index contributed by atoms with van der Waals surface area (Å²) in [5.74, 6) is -0.441. The highest BCUT2D eigenvalue weighted by molar-refractivity contribution is 14.1. The van der Waals surface area contributed by atoms with E-state index < -0.39 is 18.2 Å². The van der Waals surface area contributed by atoms with Crippen LogP contribution in [0.1, 0.15) is 0 Å². The lowest BCUT2D eigenvalue weighted by molar-refractivity contribution is 0.140. The summed E-state index contributed by atoms with van der Waals surface area (Å²) in [7, 11) is 0. The van der Waals surface area contributed by atoms with Gasteiger partial charge in [0.05, 0.1) is 11.9 Å². The van der Waals surface area contributed by atoms with Crippen LogP contribution in [0.2, 0.25) is 0 Å². The predicted octanol–water partition coefficient (Wildman–Crippen LogP) is 2.66. The molecular weight excluding hydrogens is 390 g/mol. The highest BCUT2D eigenvalue weighted by atomic mass is 127. The number of benzene rings is 1. The molecule has 2 aliphatic heterocycles. The molecule has 1 aromatic carbocycles. The third-order valence-corrected chi connectivity index (χ3v) is 3.74. The van der Waals surface area contributed by atoms with Gasteiger partial charge >= 0.3 is 12.4 Å². The first-order valence-electron chi connectivity index (χ1n) is 5.99. The summed E-state index contributed by atoms with van der Waals surface area (Å²) < 4.78 is 14.7. The molecular formula is C13H10FIN4O2+. The third-order valence-electron chi connectivity index (χ3n) is 3.07. The average molecular weight is 400 g/mol. The molecule has 6 nitrogen and oxygen atoms in total. The molecule has 2 heterocycles. The first-order valence-corrected chi connectivity index (χ1v) is 7.07. The zero-order chi connectivity index (χ0) is 15.0. The van der Waals surface area contributed by atoms with Gasteiger partial charge in [-0.05, 0) is 45.7 Å². The number of fused-ring (bicyclic) bond motifs is 1. The Morgan fingerprint density at radius 2 is 2.33 bits per heavy atom. The van der Waals surface area contributed by atoms with Crippen LogP contribution in [0, 0.1) is 9.39 Å². The third kappa shape index (κ3) is 2.63. The average Bonchev–Trinajstić information content (AvgIpc) is 2.90. The van der Waals surface area contributed by atoms with Crippen LogP contribution in [0.25, 0.3) is 0 Å². The molecule has 8 heteroatoms. The Labute approximate surface area is 133 Å². The minimum absolute atomic E-state index is 0.224. The van der Waals surface area contributed by atoms with Crippen molar-refractivity contribution in [3.8, 4) is 0 Å². The largest absolute Gasteiger partial charge is 0.464 e. The van der Waals surface area contributed by atoms with Crippen molar-refractivity contribution in [1.82, 2.24) is 9.80 Å². The second-order valence-electron chi connectivity index (χ2n) is 4.37. The second kappa shape index (κ2) is 5.45. The summed E-state index contributed by atoms with van der Waals surface area (Å²) in [5, 5.41) is 12.2. The first-order chi connectivity index (χ1) is 10.1. The Kier molecular flexibility index (Phi) is 3.64. The molecule has 0 spiro atoms. The fraction of sp³-hybridized carbons (Fsp3) is 0.0769. The van der Waals surface area contributed by atoms with Crippen molar-refractivity contribution in [2.45, 2.75) is 6.29 Å². The van der Waals surface area contributed by atoms with E-state index in [2.05, 4.69) is 10.3 Å². The van der Waals surface area contributed by atoms with Gasteiger partial charge in [0.1, 0.15) is 5.82 Å². The fourth-order valence-electron chi connectivity index (χ4n) is 2.07. The Balaban J connectivity index is 1.93. The molecule has 1 amide bonds. The van der Waals surface area contributed by atoms with Crippen LogP contribution in [-0.2, 0) is 0 Å². The summed E-state index contributed by atoms with van der Waals surface area (Å²) in [6.07, 6.45) is 4.21. The smallest absolute Gasteiger partial charge is 0.417 e. The highest BCUT2D eigenvalue weighted by Crippen LogP contribution is 2.24. The van der Waals surface area contributed by atoms with Crippen molar-refractivity contribution in [3.05, 3.63) is 51.8 Å². The molecule has 1 aromatic rings. The number of aliphatic imine (C=N–C) groups is 1. The lowest BCUT2D eigenvalue weighted by atomic mass is 10.3. The van der Waals surface area contributed by atoms with Crippen molar-refractivity contribution >= 4 is 40.7 Å². The summed E-state index contributed by atoms with van der Waals surface area (Å²) in [4.78, 5) is 18.0. The molecule has 0 saturated carbocycles. The predicted molar refractivity (Wildman–Crippen MR) is 84.2 cm³/mol. The van der Waals surface area contributed by atoms with Crippen LogP contribution in [0.4, 0.5) is 14.9 Å². The maximum Gasteiger partial charge on any atom is 0.417 e. The molecule has 1 unspecified atom stereocenters. The fourth-order valence-corrected chi connectivity index (χ4v) is 2.53. The van der Waals surface area contributed by atoms with Gasteiger partial charge in [-0.1, -0.05) is 0 Å². The van der Waals surface area contributed by atoms with E-state index in [1.807, 2.05) is 22.6 Å². The number of anilines is 1. The van der Waals surface area contributed by atoms with Crippen LogP contribution < -0.4 is 10.2 Å². The van der Waals surface area contributed by atoms with E-state index >= 15 is 0 Å². The van der Waals surface area contributed by atoms with Crippen LogP contribution in [0.3, 0.4) is 0 Å². The Morgan fingerprint density at radius 3 is 3.05 bits per heavy atom. The van der Waals surface area contributed by atoms with Gasteiger partial charge in [0.15, 0.2) is 0 Å². The molecule has 0 aromatic heterocycles. The van der Waals surface area contributed by atoms with Crippen molar-refractivity contribution in [3.63, 3.8) is 0 Å². The maximum atomic E-state index is 14.0. The topological polar surface area (TPSA) is 70.8 Å². The van der Waals surface area contributed by atoms with Crippen LogP contribution in [0.5, 0.6) is 0 Å². The standard InChI is InChI=1S/C13H10FIN4O2/c14-10-5-8(15)1-2-11(10)17-12-18(13(20)21)4-3-9-6-16-7-19(9)12/h1-7,12,17H,(H,20,21)/q+1. The van der Waals surface area contributed by atoms with Gasteiger partial charge < -0.3 is 10.4 Å². The number of carbonyl (C=O) groups is 1. The lowest BCUT2D eigenvalue weighted by Gasteiger charge is -2.28. The maximum absolute atomic E-state index is 14.0. The van der Waals surface area contributed by atoms with Crippen LogP contribution in [-0.4, -0.2) is 28.7 Å². The number of nitrogens with zero attached hydrogens (tertiary/aromatic N) is 3. The van der Waals surface area contributed by atoms with Gasteiger partial charge in [-0.2, -0.15) is 0 Å². The molecule has 2 aliphatic rings. The molecule has 3 rings (SSSR count). The zero-order valence-corrected chi connectivity index (χ0v) is 12.7. The van der Waals surface area contributed by atoms with Gasteiger partial charge in [0.25, 0.3) is 0 Å². The Bertz CT molecular complexity index is 689. The number of hydrogen-bond acceptors (Lipinski definition) is 4. The van der Waals surface area contributed by atoms with Crippen molar-refractivity contribution < 1.29 is 14.3 Å². The number of carboxylic acid groups (broad SMARTS) is 1. The summed E-state index contributed by atoms with van der Waals surface area (Å²) in [6, 6.07) is 4.69. The second-order valence-corrected chi connectivity index (χ2v) is 5.62. The van der Waals surface area contributed by atoms with Gasteiger partial charge in [-0.15, -0.1) is 0 Å². The van der Waals surface area contributed by atoms with Crippen LogP contribution in [0.15, 0.2) is 47.4 Å². The minimum atomic E-state index is -1.14. The minimum Gasteiger partial charge on any atom is -0.464 e. The highest BCUT2D eigenvalue weighted by Gasteiger charge is 2.43. The monoisotopic (exact) mass is 400 g/mol. The summed E-state index contributed by atoms with van der Waals surface area (Å²) in [5.41, 5.74) is 0.956. The number of amides is 1. The van der Waals surface area contributed by atoms with Gasteiger partial charge in [-0.3, -0.25) is 0 Å². The molecule has 0 saturated heterocycles. The Morgan fingerprint density at radius 1 is 1.52 bits per heavy atom. The van der Waals surface area contributed by atoms with E-state index in [9.17, 15) is 14.3 Å². The zero-order valence-electron chi connectivity index (χ0n) is 10.6. The van der Waals surface area contributed by atoms with E-state index in [1.54, 1.807) is 29.3 Å². The summed E-state index contributed by atoms with van der Waals surface area (Å²) in [6.45, 7) is 0. The van der Waals surface area contributed by atoms with Gasteiger partial charge in [0, 0.05) is 15.8 Å². The molecule has 0 aliphatic carbocycles. The summed E-state index contributed by atoms with van der Waals surface area (Å²) >= 11 is 2.01. The van der Waals surface area contributed by atoms with E-state index in [0.717, 1.165) is 14.2 Å². The molecule has 2 N–H and O–H groups in total. The molecule has 21 heavy (non-hydrogen) atoms. The Hall–Kier alpha value is -1.94. The molecule has 0 bridgehead atoms. The number of halogens is 2. The van der Waals surface area contributed by atoms with E-state index in [-0.39, 0.29) is 5.69 Å². The molecule has 107 valence electrons. The lowest BCUT2D eigenvalue weighted by Crippen LogP contribution is -2.56. The number of allylic oxidation sites excluding steroid dienone is 1. The molecule has 1 atom stereocenters. The van der Waals surface area contributed by atoms with Crippen molar-refractivity contribution in [1.29, 1.82) is 0 Å². The SMILES string of the molecule is O=C(O)N1C=CC2=CN=C[N+]2C1Nc1ccc(I)cc1F. The van der Waals surface area contributed by atoms with E-state index in [0.29, 0.717) is 0 Å². The van der Waals surface area contributed by atoms with Crippen molar-refractivity contribution in [2.75, 3.05) is 5.32 Å². The normalized spacial score (nSPS) is 20.4. The number of rotatable bonds is 2. The van der Waals surface area contributed by atoms with E-state index in [4.69, 9.17) is 0 Å². The molecule has 1 radical (unpaired) electrons. The van der Waals surface area contributed by atoms with Crippen LogP contribution >= 0.6 is 22.6 Å². The number of nitrogens with one attached hydrogen (secondary N) is 1. The first kappa shape index (κ1) is 14.0. The number of hydrogen-bond donors (Lipinski definition) is 2. The van der Waals surface area contributed by atoms with Crippen molar-refractivity contribution in [2.24, 2.45) is 4.99 Å². The molecule has 0 fully saturated rings. The van der Waals surface area contributed by atoms with Gasteiger partial charge in [0.2, 0.25) is 12.0 Å². The quantitative estimate of drug-likeness (QED) is 0.593. The van der Waals surface area contributed by atoms with E-state index in [1.165, 1.54) is 18.6 Å².